The van der Waals surface area contributed by atoms with Crippen LogP contribution in [0.25, 0.3) is 0 Å². The van der Waals surface area contributed by atoms with Gasteiger partial charge in [-0.3, -0.25) is 0 Å². The van der Waals surface area contributed by atoms with Gasteiger partial charge in [0, 0.05) is 6.20 Å². The second-order valence-electron chi connectivity index (χ2n) is 1.49. The van der Waals surface area contributed by atoms with E-state index in [2.05, 4.69) is 0 Å². The molecule has 1 rings (SSSR count). The molecule has 1 N–H and O–H groups in total. The van der Waals surface area contributed by atoms with Gasteiger partial charge in [-0.2, -0.15) is 4.73 Å². The van der Waals surface area contributed by atoms with Gasteiger partial charge in [-0.25, -0.2) is 0 Å². The molecule has 0 bridgehead atoms. The van der Waals surface area contributed by atoms with E-state index in [-0.39, 0.29) is 0 Å². The third kappa shape index (κ3) is 2.22. The van der Waals surface area contributed by atoms with Gasteiger partial charge in [-0.05, 0) is 19.1 Å². The first-order chi connectivity index (χ1) is 4.30. The molecule has 0 saturated carbocycles. The largest absolute Gasteiger partial charge is 0.429 e. The molecule has 9 heavy (non-hydrogen) atoms. The molecule has 1 aromatic rings. The molecule has 0 aliphatic heterocycles. The Morgan fingerprint density at radius 2 is 2.00 bits per heavy atom. The topological polar surface area (TPSA) is 25.2 Å². The van der Waals surface area contributed by atoms with Crippen molar-refractivity contribution in [3.8, 4) is 0 Å². The van der Waals surface area contributed by atoms with E-state index in [1.807, 2.05) is 26.8 Å². The van der Waals surface area contributed by atoms with Crippen LogP contribution in [0.3, 0.4) is 0 Å². The minimum absolute atomic E-state index is 0.861. The van der Waals surface area contributed by atoms with Gasteiger partial charge in [-0.15, -0.1) is 0 Å². The number of hydrogen-bond acceptors (Lipinski definition) is 1. The maximum absolute atomic E-state index is 8.68. The predicted octanol–water partition coefficient (Wildman–Crippen LogP) is 2.06. The van der Waals surface area contributed by atoms with Crippen molar-refractivity contribution in [2.75, 3.05) is 0 Å². The number of rotatable bonds is 0. The van der Waals surface area contributed by atoms with Gasteiger partial charge in [0.05, 0.1) is 5.69 Å². The van der Waals surface area contributed by atoms with Crippen LogP contribution >= 0.6 is 0 Å². The first kappa shape index (κ1) is 8.08. The molecular weight excluding hydrogens is 114 g/mol. The summed E-state index contributed by atoms with van der Waals surface area (Å²) < 4.78 is 1.08. The minimum atomic E-state index is 0.861. The molecular formula is C7H13NO. The van der Waals surface area contributed by atoms with Gasteiger partial charge in [0.15, 0.2) is 0 Å². The molecule has 0 aliphatic rings. The van der Waals surface area contributed by atoms with Crippen LogP contribution in [0.15, 0.2) is 18.3 Å². The zero-order chi connectivity index (χ0) is 7.28. The average Bonchev–Trinajstić information content (AvgIpc) is 2.23. The van der Waals surface area contributed by atoms with Crippen LogP contribution in [0, 0.1) is 6.92 Å². The molecule has 1 aromatic heterocycles. The van der Waals surface area contributed by atoms with E-state index >= 15 is 0 Å². The highest BCUT2D eigenvalue weighted by Crippen LogP contribution is 1.92. The van der Waals surface area contributed by atoms with Crippen LogP contribution in [0.1, 0.15) is 19.5 Å². The summed E-state index contributed by atoms with van der Waals surface area (Å²) in [4.78, 5) is 0. The Bertz CT molecular complexity index is 141. The molecule has 0 aromatic carbocycles. The Kier molecular flexibility index (Phi) is 3.60. The van der Waals surface area contributed by atoms with Gasteiger partial charge < -0.3 is 5.21 Å². The summed E-state index contributed by atoms with van der Waals surface area (Å²) in [5.74, 6) is 0. The summed E-state index contributed by atoms with van der Waals surface area (Å²) >= 11 is 0. The molecule has 52 valence electrons. The minimum Gasteiger partial charge on any atom is -0.429 e. The normalized spacial score (nSPS) is 7.89. The average molecular weight is 127 g/mol. The van der Waals surface area contributed by atoms with Crippen molar-refractivity contribution in [2.24, 2.45) is 0 Å². The lowest BCUT2D eigenvalue weighted by molar-refractivity contribution is 0.181. The summed E-state index contributed by atoms with van der Waals surface area (Å²) in [6, 6.07) is 3.62. The Morgan fingerprint density at radius 1 is 1.44 bits per heavy atom. The van der Waals surface area contributed by atoms with Crippen molar-refractivity contribution in [3.63, 3.8) is 0 Å². The maximum atomic E-state index is 8.68. The zero-order valence-corrected chi connectivity index (χ0v) is 6.13. The van der Waals surface area contributed by atoms with Crippen molar-refractivity contribution in [2.45, 2.75) is 20.8 Å². The molecule has 0 aliphatic carbocycles. The van der Waals surface area contributed by atoms with Gasteiger partial charge in [0.2, 0.25) is 0 Å². The highest BCUT2D eigenvalue weighted by Gasteiger charge is 1.84. The molecule has 0 amide bonds. The van der Waals surface area contributed by atoms with Crippen molar-refractivity contribution in [1.82, 2.24) is 4.73 Å². The maximum Gasteiger partial charge on any atom is 0.0536 e. The van der Waals surface area contributed by atoms with Gasteiger partial charge in [0.1, 0.15) is 0 Å². The van der Waals surface area contributed by atoms with E-state index in [0.717, 1.165) is 10.4 Å². The highest BCUT2D eigenvalue weighted by molar-refractivity contribution is 5.01. The number of aryl methyl sites for hydroxylation is 1. The fourth-order valence-electron chi connectivity index (χ4n) is 0.458. The smallest absolute Gasteiger partial charge is 0.0536 e. The molecule has 0 atom stereocenters. The zero-order valence-electron chi connectivity index (χ0n) is 6.13. The van der Waals surface area contributed by atoms with E-state index in [4.69, 9.17) is 5.21 Å². The Morgan fingerprint density at radius 3 is 2.11 bits per heavy atom. The van der Waals surface area contributed by atoms with Crippen LogP contribution in [0.2, 0.25) is 0 Å². The Labute approximate surface area is 55.7 Å². The van der Waals surface area contributed by atoms with Crippen molar-refractivity contribution in [3.05, 3.63) is 24.0 Å². The van der Waals surface area contributed by atoms with E-state index in [1.165, 1.54) is 0 Å². The van der Waals surface area contributed by atoms with E-state index in [9.17, 15) is 0 Å². The molecule has 0 spiro atoms. The quantitative estimate of drug-likeness (QED) is 0.530. The molecule has 2 heteroatoms. The lowest BCUT2D eigenvalue weighted by atomic mass is 10.5. The van der Waals surface area contributed by atoms with E-state index < -0.39 is 0 Å². The third-order valence-corrected chi connectivity index (χ3v) is 0.926. The van der Waals surface area contributed by atoms with Gasteiger partial charge >= 0.3 is 0 Å². The standard InChI is InChI=1S/C5H7NO.C2H6/c1-5-3-2-4-6(5)7;1-2/h2-4,7H,1H3;1-2H3. The predicted molar refractivity (Wildman–Crippen MR) is 37.7 cm³/mol. The number of nitrogens with zero attached hydrogens (tertiary/aromatic N) is 1. The number of aromatic nitrogens is 1. The summed E-state index contributed by atoms with van der Waals surface area (Å²) in [6.07, 6.45) is 1.59. The van der Waals surface area contributed by atoms with Crippen LogP contribution in [-0.4, -0.2) is 9.94 Å². The van der Waals surface area contributed by atoms with Gasteiger partial charge in [-0.1, -0.05) is 13.8 Å². The lowest BCUT2D eigenvalue weighted by Gasteiger charge is -1.88. The molecule has 0 radical (unpaired) electrons. The van der Waals surface area contributed by atoms with Crippen molar-refractivity contribution in [1.29, 1.82) is 0 Å². The van der Waals surface area contributed by atoms with E-state index in [0.29, 0.717) is 0 Å². The summed E-state index contributed by atoms with van der Waals surface area (Å²) in [6.45, 7) is 5.83. The van der Waals surface area contributed by atoms with Crippen molar-refractivity contribution < 1.29 is 5.21 Å². The fourth-order valence-corrected chi connectivity index (χ4v) is 0.458. The Balaban J connectivity index is 0.000000291. The molecule has 0 saturated heterocycles. The highest BCUT2D eigenvalue weighted by atomic mass is 16.5. The monoisotopic (exact) mass is 127 g/mol. The van der Waals surface area contributed by atoms with Crippen LogP contribution in [0.4, 0.5) is 0 Å². The van der Waals surface area contributed by atoms with Crippen molar-refractivity contribution >= 4 is 0 Å². The van der Waals surface area contributed by atoms with Crippen LogP contribution in [0.5, 0.6) is 0 Å². The second kappa shape index (κ2) is 4.01. The summed E-state index contributed by atoms with van der Waals surface area (Å²) in [7, 11) is 0. The lowest BCUT2D eigenvalue weighted by Crippen LogP contribution is -1.87. The first-order valence-corrected chi connectivity index (χ1v) is 3.14. The first-order valence-electron chi connectivity index (χ1n) is 3.14. The molecule has 0 fully saturated rings. The number of hydrogen-bond donors (Lipinski definition) is 1. The van der Waals surface area contributed by atoms with E-state index in [1.54, 1.807) is 12.3 Å². The molecule has 1 heterocycles. The van der Waals surface area contributed by atoms with Crippen LogP contribution in [-0.2, 0) is 0 Å². The fraction of sp³-hybridized carbons (Fsp3) is 0.429. The molecule has 0 unspecified atom stereocenters. The second-order valence-corrected chi connectivity index (χ2v) is 1.49. The Hall–Kier alpha value is -0.920. The summed E-state index contributed by atoms with van der Waals surface area (Å²) in [5, 5.41) is 8.68. The summed E-state index contributed by atoms with van der Waals surface area (Å²) in [5.41, 5.74) is 0.861. The third-order valence-electron chi connectivity index (χ3n) is 0.926. The van der Waals surface area contributed by atoms with Crippen LogP contribution < -0.4 is 0 Å². The SMILES string of the molecule is CC.Cc1cccn1O. The molecule has 2 nitrogen and oxygen atoms in total. The van der Waals surface area contributed by atoms with Gasteiger partial charge in [0.25, 0.3) is 0 Å².